The first-order chi connectivity index (χ1) is 11.1. The van der Waals surface area contributed by atoms with Gasteiger partial charge in [-0.05, 0) is 43.5 Å². The summed E-state index contributed by atoms with van der Waals surface area (Å²) in [6.07, 6.45) is 1.25. The summed E-state index contributed by atoms with van der Waals surface area (Å²) in [5.74, 6) is 2.35. The van der Waals surface area contributed by atoms with Crippen LogP contribution in [0.1, 0.15) is 18.4 Å². The van der Waals surface area contributed by atoms with Crippen LogP contribution in [-0.4, -0.2) is 59.8 Å². The molecule has 2 saturated heterocycles. The molecule has 0 aromatic heterocycles. The quantitative estimate of drug-likeness (QED) is 0.872. The van der Waals surface area contributed by atoms with Crippen molar-refractivity contribution in [1.29, 1.82) is 0 Å². The summed E-state index contributed by atoms with van der Waals surface area (Å²) in [4.78, 5) is 16.4. The highest BCUT2D eigenvalue weighted by atomic mass is 32.2. The minimum Gasteiger partial charge on any atom is -0.391 e. The molecule has 0 aliphatic carbocycles. The summed E-state index contributed by atoms with van der Waals surface area (Å²) < 4.78 is 0. The second kappa shape index (κ2) is 7.45. The Morgan fingerprint density at radius 2 is 2.09 bits per heavy atom. The molecule has 0 unspecified atom stereocenters. The van der Waals surface area contributed by atoms with Gasteiger partial charge in [-0.1, -0.05) is 0 Å². The lowest BCUT2D eigenvalue weighted by Crippen LogP contribution is -2.44. The number of nitrogens with one attached hydrogen (secondary N) is 1. The molecule has 0 spiro atoms. The van der Waals surface area contributed by atoms with E-state index in [-0.39, 0.29) is 6.03 Å². The predicted molar refractivity (Wildman–Crippen MR) is 96.5 cm³/mol. The van der Waals surface area contributed by atoms with Crippen LogP contribution in [0.4, 0.5) is 16.2 Å². The number of carbonyl (C=O) groups excluding carboxylic acids is 1. The van der Waals surface area contributed by atoms with Crippen molar-refractivity contribution in [1.82, 2.24) is 4.90 Å². The summed E-state index contributed by atoms with van der Waals surface area (Å²) in [5.41, 5.74) is 3.16. The van der Waals surface area contributed by atoms with Crippen LogP contribution in [0.15, 0.2) is 18.2 Å². The van der Waals surface area contributed by atoms with E-state index in [0.29, 0.717) is 13.1 Å². The summed E-state index contributed by atoms with van der Waals surface area (Å²) in [6.45, 7) is 5.34. The molecule has 2 aliphatic rings. The Morgan fingerprint density at radius 3 is 2.78 bits per heavy atom. The molecule has 2 N–H and O–H groups in total. The van der Waals surface area contributed by atoms with Gasteiger partial charge in [0.15, 0.2) is 0 Å². The maximum Gasteiger partial charge on any atom is 0.321 e. The fourth-order valence-corrected chi connectivity index (χ4v) is 4.04. The summed E-state index contributed by atoms with van der Waals surface area (Å²) in [6, 6.07) is 6.11. The van der Waals surface area contributed by atoms with E-state index in [9.17, 15) is 9.90 Å². The third kappa shape index (κ3) is 4.12. The number of aliphatic hydroxyl groups is 1. The summed E-state index contributed by atoms with van der Waals surface area (Å²) >= 11 is 2.00. The van der Waals surface area contributed by atoms with Crippen LogP contribution in [0.25, 0.3) is 0 Å². The first-order valence-corrected chi connectivity index (χ1v) is 9.46. The number of aryl methyl sites for hydroxylation is 1. The third-order valence-corrected chi connectivity index (χ3v) is 5.45. The molecule has 0 saturated carbocycles. The van der Waals surface area contributed by atoms with Crippen molar-refractivity contribution in [2.24, 2.45) is 0 Å². The number of hydrogen-bond donors (Lipinski definition) is 2. The van der Waals surface area contributed by atoms with Gasteiger partial charge in [0.2, 0.25) is 0 Å². The number of piperidine rings is 1. The fourth-order valence-electron chi connectivity index (χ4n) is 3.14. The van der Waals surface area contributed by atoms with E-state index >= 15 is 0 Å². The SMILES string of the molecule is Cc1cc(N2CCSCC2)ccc1NC(=O)N1CCC[C@H](O)C1. The molecule has 2 amide bonds. The summed E-state index contributed by atoms with van der Waals surface area (Å²) in [7, 11) is 0. The lowest BCUT2D eigenvalue weighted by molar-refractivity contribution is 0.0883. The highest BCUT2D eigenvalue weighted by molar-refractivity contribution is 7.99. The van der Waals surface area contributed by atoms with Crippen molar-refractivity contribution in [3.8, 4) is 0 Å². The number of thioether (sulfide) groups is 1. The van der Waals surface area contributed by atoms with Crippen LogP contribution in [-0.2, 0) is 0 Å². The molecule has 6 heteroatoms. The molecule has 1 aromatic rings. The number of carbonyl (C=O) groups is 1. The number of rotatable bonds is 2. The second-order valence-corrected chi connectivity index (χ2v) is 7.50. The van der Waals surface area contributed by atoms with E-state index in [2.05, 4.69) is 22.3 Å². The van der Waals surface area contributed by atoms with E-state index < -0.39 is 6.10 Å². The number of nitrogens with zero attached hydrogens (tertiary/aromatic N) is 2. The average Bonchev–Trinajstić information content (AvgIpc) is 2.57. The van der Waals surface area contributed by atoms with Crippen molar-refractivity contribution >= 4 is 29.2 Å². The third-order valence-electron chi connectivity index (χ3n) is 4.51. The highest BCUT2D eigenvalue weighted by Crippen LogP contribution is 2.25. The van der Waals surface area contributed by atoms with Gasteiger partial charge in [0.1, 0.15) is 0 Å². The van der Waals surface area contributed by atoms with Gasteiger partial charge >= 0.3 is 6.03 Å². The summed E-state index contributed by atoms with van der Waals surface area (Å²) in [5, 5.41) is 12.7. The minimum absolute atomic E-state index is 0.117. The van der Waals surface area contributed by atoms with Crippen molar-refractivity contribution in [3.63, 3.8) is 0 Å². The number of aliphatic hydroxyl groups excluding tert-OH is 1. The molecule has 23 heavy (non-hydrogen) atoms. The first kappa shape index (κ1) is 16.5. The normalized spacial score (nSPS) is 22.1. The molecular formula is C17H25N3O2S. The predicted octanol–water partition coefficient (Wildman–Crippen LogP) is 2.54. The van der Waals surface area contributed by atoms with Crippen LogP contribution in [0.5, 0.6) is 0 Å². The molecule has 2 fully saturated rings. The Hall–Kier alpha value is -1.40. The van der Waals surface area contributed by atoms with Gasteiger partial charge in [-0.3, -0.25) is 0 Å². The van der Waals surface area contributed by atoms with E-state index in [1.165, 1.54) is 17.2 Å². The van der Waals surface area contributed by atoms with Gasteiger partial charge in [-0.25, -0.2) is 4.79 Å². The number of likely N-dealkylation sites (tertiary alicyclic amines) is 1. The Labute approximate surface area is 142 Å². The van der Waals surface area contributed by atoms with Crippen LogP contribution < -0.4 is 10.2 Å². The van der Waals surface area contributed by atoms with Gasteiger partial charge in [-0.2, -0.15) is 11.8 Å². The molecule has 1 atom stereocenters. The maximum absolute atomic E-state index is 12.3. The number of hydrogen-bond acceptors (Lipinski definition) is 4. The van der Waals surface area contributed by atoms with Crippen molar-refractivity contribution < 1.29 is 9.90 Å². The fraction of sp³-hybridized carbons (Fsp3) is 0.588. The van der Waals surface area contributed by atoms with Crippen LogP contribution in [0, 0.1) is 6.92 Å². The number of amides is 2. The zero-order chi connectivity index (χ0) is 16.2. The smallest absolute Gasteiger partial charge is 0.321 e. The minimum atomic E-state index is -0.394. The Balaban J connectivity index is 1.64. The molecule has 0 bridgehead atoms. The standard InChI is InChI=1S/C17H25N3O2S/c1-13-11-14(19-7-9-23-10-8-19)4-5-16(13)18-17(22)20-6-2-3-15(21)12-20/h4-5,11,15,21H,2-3,6-10,12H2,1H3,(H,18,22)/t15-/m0/s1. The first-order valence-electron chi connectivity index (χ1n) is 8.31. The molecule has 126 valence electrons. The molecular weight excluding hydrogens is 310 g/mol. The van der Waals surface area contributed by atoms with Crippen molar-refractivity contribution in [3.05, 3.63) is 23.8 Å². The van der Waals surface area contributed by atoms with E-state index in [4.69, 9.17) is 0 Å². The van der Waals surface area contributed by atoms with Crippen LogP contribution in [0.3, 0.4) is 0 Å². The largest absolute Gasteiger partial charge is 0.391 e. The maximum atomic E-state index is 12.3. The Bertz CT molecular complexity index is 561. The lowest BCUT2D eigenvalue weighted by atomic mass is 10.1. The molecule has 3 rings (SSSR count). The second-order valence-electron chi connectivity index (χ2n) is 6.27. The van der Waals surface area contributed by atoms with Gasteiger partial charge in [0.05, 0.1) is 6.10 Å². The zero-order valence-electron chi connectivity index (χ0n) is 13.6. The molecule has 0 radical (unpaired) electrons. The Kier molecular flexibility index (Phi) is 5.33. The van der Waals surface area contributed by atoms with Gasteiger partial charge in [-0.15, -0.1) is 0 Å². The molecule has 5 nitrogen and oxygen atoms in total. The van der Waals surface area contributed by atoms with Crippen LogP contribution in [0.2, 0.25) is 0 Å². The van der Waals surface area contributed by atoms with Gasteiger partial charge < -0.3 is 20.2 Å². The topological polar surface area (TPSA) is 55.8 Å². The Morgan fingerprint density at radius 1 is 1.30 bits per heavy atom. The van der Waals surface area contributed by atoms with Crippen molar-refractivity contribution in [2.45, 2.75) is 25.9 Å². The van der Waals surface area contributed by atoms with Crippen LogP contribution >= 0.6 is 11.8 Å². The monoisotopic (exact) mass is 335 g/mol. The van der Waals surface area contributed by atoms with Crippen molar-refractivity contribution in [2.75, 3.05) is 47.9 Å². The number of anilines is 2. The molecule has 2 aliphatic heterocycles. The van der Waals surface area contributed by atoms with E-state index in [0.717, 1.165) is 37.2 Å². The van der Waals surface area contributed by atoms with Gasteiger partial charge in [0, 0.05) is 49.1 Å². The average molecular weight is 335 g/mol. The van der Waals surface area contributed by atoms with E-state index in [1.54, 1.807) is 4.90 Å². The lowest BCUT2D eigenvalue weighted by Gasteiger charge is -2.31. The zero-order valence-corrected chi connectivity index (χ0v) is 14.4. The number of urea groups is 1. The highest BCUT2D eigenvalue weighted by Gasteiger charge is 2.22. The molecule has 2 heterocycles. The van der Waals surface area contributed by atoms with E-state index in [1.807, 2.05) is 24.8 Å². The number of β-amino-alcohol motifs (C(OH)–C–C–N with tert-alkyl or cyclic N) is 1. The number of benzene rings is 1. The molecule has 1 aromatic carbocycles. The van der Waals surface area contributed by atoms with Gasteiger partial charge in [0.25, 0.3) is 0 Å².